The fourth-order valence-electron chi connectivity index (χ4n) is 1.59. The summed E-state index contributed by atoms with van der Waals surface area (Å²) in [5, 5.41) is 0.432. The first-order valence-corrected chi connectivity index (χ1v) is 7.42. The molecule has 0 N–H and O–H groups in total. The Balaban J connectivity index is 3.03. The largest absolute Gasteiger partial charge is 0.496 e. The van der Waals surface area contributed by atoms with Gasteiger partial charge in [0.1, 0.15) is 11.3 Å². The molecule has 100 valence electrons. The lowest BCUT2D eigenvalue weighted by molar-refractivity contribution is 0.107. The van der Waals surface area contributed by atoms with Gasteiger partial charge in [-0.1, -0.05) is 24.9 Å². The summed E-state index contributed by atoms with van der Waals surface area (Å²) in [6.07, 6.45) is 3.04. The lowest BCUT2D eigenvalue weighted by Crippen LogP contribution is -2.02. The van der Waals surface area contributed by atoms with Gasteiger partial charge in [-0.25, -0.2) is 0 Å². The predicted molar refractivity (Wildman–Crippen MR) is 77.0 cm³/mol. The third-order valence-electron chi connectivity index (χ3n) is 2.54. The molecule has 0 aliphatic carbocycles. The molecule has 3 nitrogen and oxygen atoms in total. The van der Waals surface area contributed by atoms with Crippen LogP contribution in [0.1, 0.15) is 30.1 Å². The van der Waals surface area contributed by atoms with Gasteiger partial charge in [-0.3, -0.25) is 4.79 Å². The highest BCUT2D eigenvalue weighted by atomic mass is 35.5. The lowest BCUT2D eigenvalue weighted by atomic mass is 10.2. The molecule has 1 rings (SSSR count). The van der Waals surface area contributed by atoms with Gasteiger partial charge in [0.2, 0.25) is 0 Å². The zero-order chi connectivity index (χ0) is 13.5. The average Bonchev–Trinajstić information content (AvgIpc) is 2.38. The van der Waals surface area contributed by atoms with Crippen LogP contribution in [0.15, 0.2) is 12.1 Å². The molecule has 0 heterocycles. The fraction of sp³-hybridized carbons (Fsp3) is 0.462. The van der Waals surface area contributed by atoms with Crippen LogP contribution in [0.2, 0.25) is 5.02 Å². The van der Waals surface area contributed by atoms with Gasteiger partial charge in [0.15, 0.2) is 11.3 Å². The minimum absolute atomic E-state index is 0.0413. The standard InChI is InChI=1S/C13H18ClO3P/c1-4-5-8-18-13(15)11-10(16-2)7-6-9(14)12(11)17-3/h6-7,18H,4-5,8H2,1-3H3. The minimum atomic E-state index is 0.0413. The molecule has 0 radical (unpaired) electrons. The summed E-state index contributed by atoms with van der Waals surface area (Å²) in [5.41, 5.74) is 0.501. The van der Waals surface area contributed by atoms with Crippen molar-refractivity contribution in [2.75, 3.05) is 20.4 Å². The predicted octanol–water partition coefficient (Wildman–Crippen LogP) is 3.98. The van der Waals surface area contributed by atoms with Crippen molar-refractivity contribution < 1.29 is 14.3 Å². The highest BCUT2D eigenvalue weighted by Gasteiger charge is 2.20. The van der Waals surface area contributed by atoms with E-state index in [1.165, 1.54) is 14.2 Å². The second-order valence-corrected chi connectivity index (χ2v) is 5.48. The van der Waals surface area contributed by atoms with Crippen LogP contribution in [0, 0.1) is 0 Å². The molecule has 1 atom stereocenters. The maximum atomic E-state index is 12.2. The highest BCUT2D eigenvalue weighted by molar-refractivity contribution is 7.58. The summed E-state index contributed by atoms with van der Waals surface area (Å²) in [6.45, 7) is 2.11. The van der Waals surface area contributed by atoms with E-state index in [4.69, 9.17) is 21.1 Å². The maximum absolute atomic E-state index is 12.2. The minimum Gasteiger partial charge on any atom is -0.496 e. The van der Waals surface area contributed by atoms with Crippen LogP contribution in [0.4, 0.5) is 0 Å². The molecule has 1 unspecified atom stereocenters. The third kappa shape index (κ3) is 3.60. The van der Waals surface area contributed by atoms with Gasteiger partial charge in [0.05, 0.1) is 19.2 Å². The molecule has 0 fully saturated rings. The number of hydrogen-bond acceptors (Lipinski definition) is 3. The van der Waals surface area contributed by atoms with E-state index in [0.29, 0.717) is 22.1 Å². The molecule has 0 spiro atoms. The Hall–Kier alpha value is -0.790. The molecule has 1 aromatic rings. The first-order valence-electron chi connectivity index (χ1n) is 5.84. The monoisotopic (exact) mass is 288 g/mol. The quantitative estimate of drug-likeness (QED) is 0.562. The number of carbonyl (C=O) groups excluding carboxylic acids is 1. The molecule has 0 aliphatic rings. The fourth-order valence-corrected chi connectivity index (χ4v) is 3.00. The second kappa shape index (κ2) is 7.60. The number of ether oxygens (including phenoxy) is 2. The van der Waals surface area contributed by atoms with Crippen molar-refractivity contribution in [3.63, 3.8) is 0 Å². The molecular weight excluding hydrogens is 271 g/mol. The maximum Gasteiger partial charge on any atom is 0.188 e. The number of halogens is 1. The van der Waals surface area contributed by atoms with Crippen molar-refractivity contribution in [3.8, 4) is 11.5 Å². The summed E-state index contributed by atoms with van der Waals surface area (Å²) in [7, 11) is 3.27. The Kier molecular flexibility index (Phi) is 6.45. The van der Waals surface area contributed by atoms with E-state index in [1.807, 2.05) is 0 Å². The zero-order valence-corrected chi connectivity index (χ0v) is 12.6. The van der Waals surface area contributed by atoms with Crippen LogP contribution in [-0.4, -0.2) is 25.9 Å². The van der Waals surface area contributed by atoms with E-state index in [0.717, 1.165) is 19.0 Å². The number of unbranched alkanes of at least 4 members (excludes halogenated alkanes) is 1. The Morgan fingerprint density at radius 3 is 2.61 bits per heavy atom. The van der Waals surface area contributed by atoms with E-state index in [-0.39, 0.29) is 14.1 Å². The van der Waals surface area contributed by atoms with Crippen LogP contribution in [0.25, 0.3) is 0 Å². The van der Waals surface area contributed by atoms with Gasteiger partial charge in [0.25, 0.3) is 0 Å². The van der Waals surface area contributed by atoms with Crippen LogP contribution < -0.4 is 9.47 Å². The van der Waals surface area contributed by atoms with Gasteiger partial charge in [0, 0.05) is 0 Å². The lowest BCUT2D eigenvalue weighted by Gasteiger charge is -2.13. The van der Waals surface area contributed by atoms with E-state index < -0.39 is 0 Å². The van der Waals surface area contributed by atoms with Crippen molar-refractivity contribution in [2.45, 2.75) is 19.8 Å². The molecule has 0 saturated heterocycles. The Morgan fingerprint density at radius 1 is 1.33 bits per heavy atom. The van der Waals surface area contributed by atoms with Gasteiger partial charge >= 0.3 is 0 Å². The van der Waals surface area contributed by atoms with Gasteiger partial charge in [-0.2, -0.15) is 0 Å². The number of hydrogen-bond donors (Lipinski definition) is 0. The SMILES string of the molecule is CCCCPC(=O)c1c(OC)ccc(Cl)c1OC. The Labute approximate surface area is 115 Å². The topological polar surface area (TPSA) is 35.5 Å². The van der Waals surface area contributed by atoms with Crippen molar-refractivity contribution in [1.29, 1.82) is 0 Å². The summed E-state index contributed by atoms with van der Waals surface area (Å²) in [6, 6.07) is 3.37. The number of methoxy groups -OCH3 is 2. The molecule has 0 aromatic heterocycles. The third-order valence-corrected chi connectivity index (χ3v) is 4.01. The molecule has 5 heteroatoms. The Morgan fingerprint density at radius 2 is 2.06 bits per heavy atom. The molecule has 0 bridgehead atoms. The molecule has 0 aliphatic heterocycles. The normalized spacial score (nSPS) is 10.9. The van der Waals surface area contributed by atoms with Crippen molar-refractivity contribution >= 4 is 25.7 Å². The number of benzene rings is 1. The van der Waals surface area contributed by atoms with Crippen molar-refractivity contribution in [1.82, 2.24) is 0 Å². The molecule has 0 amide bonds. The van der Waals surface area contributed by atoms with Crippen LogP contribution >= 0.6 is 20.2 Å². The van der Waals surface area contributed by atoms with E-state index in [1.54, 1.807) is 12.1 Å². The summed E-state index contributed by atoms with van der Waals surface area (Å²) >= 11 is 6.03. The van der Waals surface area contributed by atoms with Gasteiger partial charge in [-0.15, -0.1) is 0 Å². The summed E-state index contributed by atoms with van der Waals surface area (Å²) < 4.78 is 10.4. The molecule has 1 aromatic carbocycles. The zero-order valence-electron chi connectivity index (χ0n) is 10.9. The van der Waals surface area contributed by atoms with E-state index in [2.05, 4.69) is 6.92 Å². The van der Waals surface area contributed by atoms with Gasteiger partial charge in [-0.05, 0) is 33.3 Å². The Bertz CT molecular complexity index is 421. The number of carbonyl (C=O) groups is 1. The smallest absolute Gasteiger partial charge is 0.188 e. The summed E-state index contributed by atoms with van der Waals surface area (Å²) in [5.74, 6) is 0.926. The van der Waals surface area contributed by atoms with Crippen LogP contribution in [0.3, 0.4) is 0 Å². The van der Waals surface area contributed by atoms with Gasteiger partial charge < -0.3 is 9.47 Å². The van der Waals surface area contributed by atoms with E-state index >= 15 is 0 Å². The molecule has 18 heavy (non-hydrogen) atoms. The van der Waals surface area contributed by atoms with Crippen LogP contribution in [-0.2, 0) is 0 Å². The average molecular weight is 289 g/mol. The highest BCUT2D eigenvalue weighted by Crippen LogP contribution is 2.39. The van der Waals surface area contributed by atoms with Crippen LogP contribution in [0.5, 0.6) is 11.5 Å². The van der Waals surface area contributed by atoms with Crippen molar-refractivity contribution in [3.05, 3.63) is 22.7 Å². The second-order valence-electron chi connectivity index (χ2n) is 3.77. The first kappa shape index (κ1) is 15.3. The molecular formula is C13H18ClO3P. The number of rotatable bonds is 7. The first-order chi connectivity index (χ1) is 8.65. The summed E-state index contributed by atoms with van der Waals surface area (Å²) in [4.78, 5) is 12.2. The molecule has 0 saturated carbocycles. The van der Waals surface area contributed by atoms with E-state index in [9.17, 15) is 4.79 Å². The van der Waals surface area contributed by atoms with Crippen molar-refractivity contribution in [2.24, 2.45) is 0 Å².